The quantitative estimate of drug-likeness (QED) is 0.346. The minimum atomic E-state index is 0.727. The molecule has 0 aromatic heterocycles. The fourth-order valence-electron chi connectivity index (χ4n) is 0.521. The van der Waals surface area contributed by atoms with Crippen molar-refractivity contribution in [3.8, 4) is 0 Å². The third-order valence-corrected chi connectivity index (χ3v) is 4.94. The molecule has 0 aliphatic carbocycles. The van der Waals surface area contributed by atoms with E-state index >= 15 is 0 Å². The first-order chi connectivity index (χ1) is 5.81. The van der Waals surface area contributed by atoms with Crippen molar-refractivity contribution < 1.29 is 0 Å². The summed E-state index contributed by atoms with van der Waals surface area (Å²) in [7, 11) is 3.80. The molecule has 70 valence electrons. The number of hydrogen-bond donors (Lipinski definition) is 0. The average molecular weight is 220 g/mol. The first-order valence-electron chi connectivity index (χ1n) is 3.89. The van der Waals surface area contributed by atoms with Crippen molar-refractivity contribution in [1.82, 2.24) is 0 Å². The maximum absolute atomic E-state index is 3.70. The zero-order valence-electron chi connectivity index (χ0n) is 7.49. The molecule has 0 bridgehead atoms. The molecular formula is C9H16S3. The molecule has 0 aliphatic rings. The monoisotopic (exact) mass is 220 g/mol. The van der Waals surface area contributed by atoms with Crippen LogP contribution in [0.5, 0.6) is 0 Å². The second kappa shape index (κ2) is 9.62. The van der Waals surface area contributed by atoms with Gasteiger partial charge in [0.2, 0.25) is 0 Å². The minimum Gasteiger partial charge on any atom is -0.154 e. The molecule has 0 rings (SSSR count). The maximum atomic E-state index is 3.70. The third kappa shape index (κ3) is 8.62. The van der Waals surface area contributed by atoms with Crippen LogP contribution in [0.2, 0.25) is 0 Å². The Balaban J connectivity index is 3.12. The van der Waals surface area contributed by atoms with E-state index in [1.165, 1.54) is 5.75 Å². The fraction of sp³-hybridized carbons (Fsp3) is 0.556. The smallest absolute Gasteiger partial charge is 0.0215 e. The average Bonchev–Trinajstić information content (AvgIpc) is 2.09. The first-order valence-corrected chi connectivity index (χ1v) is 7.42. The van der Waals surface area contributed by atoms with Gasteiger partial charge in [0, 0.05) is 22.5 Å². The Morgan fingerprint density at radius 1 is 1.17 bits per heavy atom. The van der Waals surface area contributed by atoms with Crippen LogP contribution in [-0.2, 0) is 0 Å². The van der Waals surface area contributed by atoms with E-state index < -0.39 is 0 Å². The van der Waals surface area contributed by atoms with Gasteiger partial charge in [-0.2, -0.15) is 11.8 Å². The summed E-state index contributed by atoms with van der Waals surface area (Å²) >= 11 is 1.96. The van der Waals surface area contributed by atoms with Crippen LogP contribution < -0.4 is 0 Å². The summed E-state index contributed by atoms with van der Waals surface area (Å²) in [5.74, 6) is 3.31. The standard InChI is InChI=1S/C9H16S3/c1-4-6-10-9(3)8-12-11-7-5-2/h4-5,9H,1-2,6-8H2,3H3. The molecule has 0 heterocycles. The zero-order chi connectivity index (χ0) is 9.23. The third-order valence-electron chi connectivity index (χ3n) is 1.07. The molecule has 0 saturated carbocycles. The van der Waals surface area contributed by atoms with E-state index in [1.54, 1.807) is 0 Å². The van der Waals surface area contributed by atoms with Gasteiger partial charge < -0.3 is 0 Å². The van der Waals surface area contributed by atoms with E-state index in [0.717, 1.165) is 16.8 Å². The highest BCUT2D eigenvalue weighted by molar-refractivity contribution is 8.76. The van der Waals surface area contributed by atoms with Crippen LogP contribution in [0.25, 0.3) is 0 Å². The molecule has 12 heavy (non-hydrogen) atoms. The van der Waals surface area contributed by atoms with E-state index in [1.807, 2.05) is 45.5 Å². The Morgan fingerprint density at radius 3 is 2.42 bits per heavy atom. The summed E-state index contributed by atoms with van der Waals surface area (Å²) in [5, 5.41) is 0.727. The molecule has 0 spiro atoms. The first kappa shape index (κ1) is 12.5. The summed E-state index contributed by atoms with van der Waals surface area (Å²) in [6.45, 7) is 9.63. The van der Waals surface area contributed by atoms with Crippen LogP contribution in [0.1, 0.15) is 6.92 Å². The van der Waals surface area contributed by atoms with Gasteiger partial charge in [0.05, 0.1) is 0 Å². The Kier molecular flexibility index (Phi) is 10.0. The normalized spacial score (nSPS) is 12.4. The number of thioether (sulfide) groups is 1. The van der Waals surface area contributed by atoms with Crippen molar-refractivity contribution in [3.63, 3.8) is 0 Å². The highest BCUT2D eigenvalue weighted by atomic mass is 33.1. The van der Waals surface area contributed by atoms with Gasteiger partial charge in [-0.1, -0.05) is 40.7 Å². The lowest BCUT2D eigenvalue weighted by Gasteiger charge is -2.07. The number of rotatable bonds is 8. The highest BCUT2D eigenvalue weighted by Gasteiger charge is 2.00. The molecular weight excluding hydrogens is 204 g/mol. The number of hydrogen-bond acceptors (Lipinski definition) is 3. The predicted molar refractivity (Wildman–Crippen MR) is 67.2 cm³/mol. The Bertz CT molecular complexity index is 123. The Hall–Kier alpha value is 0.530. The van der Waals surface area contributed by atoms with Gasteiger partial charge in [0.15, 0.2) is 0 Å². The largest absolute Gasteiger partial charge is 0.154 e. The van der Waals surface area contributed by atoms with Crippen molar-refractivity contribution in [3.05, 3.63) is 25.3 Å². The molecule has 0 aromatic rings. The summed E-state index contributed by atoms with van der Waals surface area (Å²) in [4.78, 5) is 0. The van der Waals surface area contributed by atoms with Crippen LogP contribution in [0, 0.1) is 0 Å². The van der Waals surface area contributed by atoms with Gasteiger partial charge in [0.1, 0.15) is 0 Å². The summed E-state index contributed by atoms with van der Waals surface area (Å²) in [6.07, 6.45) is 3.90. The van der Waals surface area contributed by atoms with Gasteiger partial charge in [-0.05, 0) is 0 Å². The van der Waals surface area contributed by atoms with Crippen LogP contribution in [0.15, 0.2) is 25.3 Å². The summed E-state index contributed by atoms with van der Waals surface area (Å²) < 4.78 is 0. The van der Waals surface area contributed by atoms with E-state index in [9.17, 15) is 0 Å². The minimum absolute atomic E-state index is 0.727. The Labute approximate surface area is 88.0 Å². The lowest BCUT2D eigenvalue weighted by Crippen LogP contribution is -1.98. The topological polar surface area (TPSA) is 0 Å². The van der Waals surface area contributed by atoms with Crippen molar-refractivity contribution in [2.45, 2.75) is 12.2 Å². The molecule has 0 fully saturated rings. The van der Waals surface area contributed by atoms with Gasteiger partial charge in [-0.15, -0.1) is 13.2 Å². The van der Waals surface area contributed by atoms with Crippen molar-refractivity contribution in [2.24, 2.45) is 0 Å². The van der Waals surface area contributed by atoms with E-state index in [4.69, 9.17) is 0 Å². The van der Waals surface area contributed by atoms with Gasteiger partial charge in [-0.25, -0.2) is 0 Å². The van der Waals surface area contributed by atoms with E-state index in [-0.39, 0.29) is 0 Å². The van der Waals surface area contributed by atoms with Crippen LogP contribution in [-0.4, -0.2) is 22.5 Å². The summed E-state index contributed by atoms with van der Waals surface area (Å²) in [5.41, 5.74) is 0. The molecule has 0 aromatic carbocycles. The van der Waals surface area contributed by atoms with Crippen molar-refractivity contribution >= 4 is 33.3 Å². The van der Waals surface area contributed by atoms with E-state index in [0.29, 0.717) is 0 Å². The Morgan fingerprint density at radius 2 is 1.83 bits per heavy atom. The van der Waals surface area contributed by atoms with Crippen LogP contribution in [0.3, 0.4) is 0 Å². The second-order valence-electron chi connectivity index (χ2n) is 2.29. The van der Waals surface area contributed by atoms with Gasteiger partial charge in [-0.3, -0.25) is 0 Å². The second-order valence-corrected chi connectivity index (χ2v) is 6.31. The van der Waals surface area contributed by atoms with Crippen LogP contribution in [0.4, 0.5) is 0 Å². The van der Waals surface area contributed by atoms with E-state index in [2.05, 4.69) is 20.1 Å². The lowest BCUT2D eigenvalue weighted by atomic mass is 10.6. The summed E-state index contributed by atoms with van der Waals surface area (Å²) in [6, 6.07) is 0. The predicted octanol–water partition coefficient (Wildman–Crippen LogP) is 3.86. The molecule has 0 N–H and O–H groups in total. The SMILES string of the molecule is C=CCSSCC(C)SCC=C. The molecule has 0 radical (unpaired) electrons. The van der Waals surface area contributed by atoms with Gasteiger partial charge in [0.25, 0.3) is 0 Å². The molecule has 3 heteroatoms. The maximum Gasteiger partial charge on any atom is 0.0215 e. The van der Waals surface area contributed by atoms with Crippen molar-refractivity contribution in [1.29, 1.82) is 0 Å². The molecule has 0 nitrogen and oxygen atoms in total. The van der Waals surface area contributed by atoms with Gasteiger partial charge >= 0.3 is 0 Å². The molecule has 0 aliphatic heterocycles. The zero-order valence-corrected chi connectivity index (χ0v) is 9.94. The van der Waals surface area contributed by atoms with Crippen molar-refractivity contribution in [2.75, 3.05) is 17.3 Å². The highest BCUT2D eigenvalue weighted by Crippen LogP contribution is 2.25. The molecule has 1 atom stereocenters. The fourth-order valence-corrected chi connectivity index (χ4v) is 3.79. The molecule has 0 saturated heterocycles. The van der Waals surface area contributed by atoms with Crippen LogP contribution >= 0.6 is 33.3 Å². The lowest BCUT2D eigenvalue weighted by molar-refractivity contribution is 1.14. The molecule has 1 unspecified atom stereocenters. The molecule has 0 amide bonds.